The third-order valence-corrected chi connectivity index (χ3v) is 3.78. The zero-order chi connectivity index (χ0) is 13.1. The lowest BCUT2D eigenvalue weighted by molar-refractivity contribution is -0.117. The first-order valence-corrected chi connectivity index (χ1v) is 7.17. The van der Waals surface area contributed by atoms with E-state index in [4.69, 9.17) is 0 Å². The smallest absolute Gasteiger partial charge is 0.130 e. The van der Waals surface area contributed by atoms with Gasteiger partial charge in [0.1, 0.15) is 5.78 Å². The molecule has 1 atom stereocenters. The Labute approximate surface area is 116 Å². The highest BCUT2D eigenvalue weighted by atomic mass is 79.9. The minimum absolute atomic E-state index is 0.262. The highest BCUT2D eigenvalue weighted by Crippen LogP contribution is 2.32. The predicted octanol–water partition coefficient (Wildman–Crippen LogP) is 4.79. The third-order valence-electron chi connectivity index (χ3n) is 3.29. The molecule has 2 nitrogen and oxygen atoms in total. The topological polar surface area (TPSA) is 32.9 Å². The minimum atomic E-state index is 0.262. The molecule has 0 aliphatic heterocycles. The van der Waals surface area contributed by atoms with Gasteiger partial charge < -0.3 is 9.78 Å². The van der Waals surface area contributed by atoms with Gasteiger partial charge in [-0.2, -0.15) is 0 Å². The average molecular weight is 308 g/mol. The molecule has 0 radical (unpaired) electrons. The maximum atomic E-state index is 11.4. The number of aromatic nitrogens is 1. The van der Waals surface area contributed by atoms with Crippen LogP contribution in [-0.4, -0.2) is 10.8 Å². The van der Waals surface area contributed by atoms with Crippen molar-refractivity contribution in [3.05, 3.63) is 34.4 Å². The largest absolute Gasteiger partial charge is 0.361 e. The second-order valence-electron chi connectivity index (χ2n) is 4.83. The van der Waals surface area contributed by atoms with Crippen molar-refractivity contribution < 1.29 is 4.79 Å². The van der Waals surface area contributed by atoms with Gasteiger partial charge in [-0.1, -0.05) is 29.3 Å². The highest BCUT2D eigenvalue weighted by molar-refractivity contribution is 9.10. The summed E-state index contributed by atoms with van der Waals surface area (Å²) in [5, 5.41) is 1.23. The van der Waals surface area contributed by atoms with Gasteiger partial charge in [-0.15, -0.1) is 0 Å². The second kappa shape index (κ2) is 5.70. The normalized spacial score (nSPS) is 12.8. The van der Waals surface area contributed by atoms with E-state index in [1.54, 1.807) is 6.92 Å². The van der Waals surface area contributed by atoms with Gasteiger partial charge >= 0.3 is 0 Å². The number of benzene rings is 1. The molecular weight excluding hydrogens is 290 g/mol. The monoisotopic (exact) mass is 307 g/mol. The van der Waals surface area contributed by atoms with Gasteiger partial charge in [0.2, 0.25) is 0 Å². The molecule has 0 aliphatic rings. The molecule has 0 amide bonds. The van der Waals surface area contributed by atoms with Crippen LogP contribution in [0.4, 0.5) is 0 Å². The lowest BCUT2D eigenvalue weighted by Crippen LogP contribution is -2.03. The number of carbonyl (C=O) groups excluding carboxylic acids is 1. The summed E-state index contributed by atoms with van der Waals surface area (Å²) in [5.41, 5.74) is 2.40. The number of aromatic amines is 1. The second-order valence-corrected chi connectivity index (χ2v) is 5.74. The van der Waals surface area contributed by atoms with E-state index in [0.29, 0.717) is 12.3 Å². The number of hydrogen-bond donors (Lipinski definition) is 1. The van der Waals surface area contributed by atoms with Crippen molar-refractivity contribution in [2.75, 3.05) is 0 Å². The first-order chi connectivity index (χ1) is 8.61. The standard InChI is InChI=1S/C15H18BrNO/c1-3-4-11(7-10(2)18)14-9-17-15-6-5-12(16)8-13(14)15/h5-6,8-9,11,17H,3-4,7H2,1-2H3. The number of Topliss-reactive ketones (excluding diaryl/α,β-unsaturated/α-hetero) is 1. The van der Waals surface area contributed by atoms with E-state index in [1.807, 2.05) is 6.07 Å². The minimum Gasteiger partial charge on any atom is -0.361 e. The Morgan fingerprint density at radius 3 is 2.89 bits per heavy atom. The Balaban J connectivity index is 2.42. The van der Waals surface area contributed by atoms with E-state index >= 15 is 0 Å². The molecule has 1 unspecified atom stereocenters. The van der Waals surface area contributed by atoms with Crippen LogP contribution >= 0.6 is 15.9 Å². The Morgan fingerprint density at radius 2 is 2.22 bits per heavy atom. The average Bonchev–Trinajstić information content (AvgIpc) is 2.70. The molecule has 0 aliphatic carbocycles. The first-order valence-electron chi connectivity index (χ1n) is 6.37. The number of nitrogens with one attached hydrogen (secondary N) is 1. The van der Waals surface area contributed by atoms with Crippen LogP contribution in [0.3, 0.4) is 0 Å². The van der Waals surface area contributed by atoms with E-state index in [2.05, 4.69) is 46.2 Å². The SMILES string of the molecule is CCCC(CC(C)=O)c1c[nH]c2ccc(Br)cc12. The van der Waals surface area contributed by atoms with Crippen molar-refractivity contribution in [2.24, 2.45) is 0 Å². The molecule has 18 heavy (non-hydrogen) atoms. The van der Waals surface area contributed by atoms with E-state index in [0.717, 1.165) is 22.8 Å². The van der Waals surface area contributed by atoms with Crippen LogP contribution in [0.15, 0.2) is 28.9 Å². The molecule has 1 N–H and O–H groups in total. The molecule has 1 aromatic carbocycles. The quantitative estimate of drug-likeness (QED) is 0.846. The lowest BCUT2D eigenvalue weighted by Gasteiger charge is -2.13. The van der Waals surface area contributed by atoms with Crippen LogP contribution in [0.1, 0.15) is 44.6 Å². The van der Waals surface area contributed by atoms with Crippen LogP contribution in [0.25, 0.3) is 10.9 Å². The summed E-state index contributed by atoms with van der Waals surface area (Å²) in [5.74, 6) is 0.591. The fourth-order valence-corrected chi connectivity index (χ4v) is 2.88. The van der Waals surface area contributed by atoms with Crippen molar-refractivity contribution in [1.82, 2.24) is 4.98 Å². The molecule has 0 saturated heterocycles. The molecule has 1 aromatic heterocycles. The molecule has 1 heterocycles. The summed E-state index contributed by atoms with van der Waals surface area (Å²) in [4.78, 5) is 14.7. The van der Waals surface area contributed by atoms with Crippen molar-refractivity contribution >= 4 is 32.6 Å². The molecule has 0 spiro atoms. The van der Waals surface area contributed by atoms with E-state index in [-0.39, 0.29) is 5.78 Å². The number of ketones is 1. The first kappa shape index (κ1) is 13.3. The molecule has 0 saturated carbocycles. The Kier molecular flexibility index (Phi) is 4.23. The summed E-state index contributed by atoms with van der Waals surface area (Å²) >= 11 is 3.51. The van der Waals surface area contributed by atoms with Crippen molar-refractivity contribution in [2.45, 2.75) is 39.0 Å². The lowest BCUT2D eigenvalue weighted by atomic mass is 9.90. The van der Waals surface area contributed by atoms with Crippen molar-refractivity contribution in [1.29, 1.82) is 0 Å². The van der Waals surface area contributed by atoms with Gasteiger partial charge in [0.25, 0.3) is 0 Å². The number of carbonyl (C=O) groups is 1. The molecule has 2 rings (SSSR count). The van der Waals surface area contributed by atoms with Gasteiger partial charge in [-0.05, 0) is 43.0 Å². The predicted molar refractivity (Wildman–Crippen MR) is 78.9 cm³/mol. The molecule has 3 heteroatoms. The number of fused-ring (bicyclic) bond motifs is 1. The maximum absolute atomic E-state index is 11.4. The zero-order valence-corrected chi connectivity index (χ0v) is 12.4. The third kappa shape index (κ3) is 2.83. The Bertz CT molecular complexity index is 559. The molecule has 0 bridgehead atoms. The number of H-pyrrole nitrogens is 1. The van der Waals surface area contributed by atoms with Gasteiger partial charge in [0.15, 0.2) is 0 Å². The van der Waals surface area contributed by atoms with Gasteiger partial charge in [-0.25, -0.2) is 0 Å². The molecule has 0 fully saturated rings. The van der Waals surface area contributed by atoms with E-state index < -0.39 is 0 Å². The fourth-order valence-electron chi connectivity index (χ4n) is 2.52. The summed E-state index contributed by atoms with van der Waals surface area (Å²) in [6.45, 7) is 3.84. The summed E-state index contributed by atoms with van der Waals surface area (Å²) in [6, 6.07) is 6.23. The van der Waals surface area contributed by atoms with Gasteiger partial charge in [-0.3, -0.25) is 0 Å². The summed E-state index contributed by atoms with van der Waals surface area (Å²) in [7, 11) is 0. The maximum Gasteiger partial charge on any atom is 0.130 e. The van der Waals surface area contributed by atoms with Crippen LogP contribution in [-0.2, 0) is 4.79 Å². The Morgan fingerprint density at radius 1 is 1.44 bits per heavy atom. The molecule has 96 valence electrons. The summed E-state index contributed by atoms with van der Waals surface area (Å²) < 4.78 is 1.08. The molecule has 2 aromatic rings. The van der Waals surface area contributed by atoms with E-state index in [1.165, 1.54) is 10.9 Å². The number of hydrogen-bond acceptors (Lipinski definition) is 1. The van der Waals surface area contributed by atoms with Gasteiger partial charge in [0.05, 0.1) is 0 Å². The van der Waals surface area contributed by atoms with Crippen LogP contribution < -0.4 is 0 Å². The number of halogens is 1. The van der Waals surface area contributed by atoms with Gasteiger partial charge in [0, 0.05) is 28.0 Å². The van der Waals surface area contributed by atoms with Crippen LogP contribution in [0.2, 0.25) is 0 Å². The Hall–Kier alpha value is -1.09. The van der Waals surface area contributed by atoms with Crippen molar-refractivity contribution in [3.8, 4) is 0 Å². The van der Waals surface area contributed by atoms with Crippen LogP contribution in [0.5, 0.6) is 0 Å². The van der Waals surface area contributed by atoms with Crippen LogP contribution in [0, 0.1) is 0 Å². The van der Waals surface area contributed by atoms with Crippen molar-refractivity contribution in [3.63, 3.8) is 0 Å². The number of rotatable bonds is 5. The zero-order valence-electron chi connectivity index (χ0n) is 10.8. The highest BCUT2D eigenvalue weighted by Gasteiger charge is 2.17. The molecular formula is C15H18BrNO. The van der Waals surface area contributed by atoms with E-state index in [9.17, 15) is 4.79 Å². The fraction of sp³-hybridized carbons (Fsp3) is 0.400. The summed E-state index contributed by atoms with van der Waals surface area (Å²) in [6.07, 6.45) is 4.84.